The smallest absolute Gasteiger partial charge is 0.257 e. The van der Waals surface area contributed by atoms with Gasteiger partial charge in [-0.25, -0.2) is 8.42 Å². The topological polar surface area (TPSA) is 75.5 Å². The SMILES string of the molecule is Cc1ccc(Cn2cc(C(=O)N3CCN([C@H]4CCS(=O)(=O)C4)CC3)c(-c3ccc(C)cc3)n2)cc1. The molecular formula is C27H32N4O3S. The van der Waals surface area contributed by atoms with Crippen molar-refractivity contribution in [3.63, 3.8) is 0 Å². The number of nitrogens with zero attached hydrogens (tertiary/aromatic N) is 4. The molecule has 0 unspecified atom stereocenters. The van der Waals surface area contributed by atoms with Crippen LogP contribution in [-0.4, -0.2) is 77.6 Å². The molecule has 35 heavy (non-hydrogen) atoms. The van der Waals surface area contributed by atoms with Crippen LogP contribution in [-0.2, 0) is 16.4 Å². The first-order valence-electron chi connectivity index (χ1n) is 12.2. The predicted octanol–water partition coefficient (Wildman–Crippen LogP) is 3.16. The molecule has 8 heteroatoms. The van der Waals surface area contributed by atoms with Gasteiger partial charge in [0.05, 0.1) is 23.6 Å². The van der Waals surface area contributed by atoms with Gasteiger partial charge >= 0.3 is 0 Å². The monoisotopic (exact) mass is 492 g/mol. The van der Waals surface area contributed by atoms with Gasteiger partial charge < -0.3 is 4.90 Å². The number of hydrogen-bond donors (Lipinski definition) is 0. The summed E-state index contributed by atoms with van der Waals surface area (Å²) in [4.78, 5) is 17.8. The van der Waals surface area contributed by atoms with Gasteiger partial charge in [0, 0.05) is 44.0 Å². The second kappa shape index (κ2) is 9.59. The first-order valence-corrected chi connectivity index (χ1v) is 14.0. The van der Waals surface area contributed by atoms with E-state index in [1.54, 1.807) is 0 Å². The van der Waals surface area contributed by atoms with Crippen LogP contribution in [0.4, 0.5) is 0 Å². The molecule has 0 aliphatic carbocycles. The van der Waals surface area contributed by atoms with Gasteiger partial charge in [-0.2, -0.15) is 5.10 Å². The summed E-state index contributed by atoms with van der Waals surface area (Å²) in [6, 6.07) is 16.5. The van der Waals surface area contributed by atoms with Crippen molar-refractivity contribution in [2.24, 2.45) is 0 Å². The molecule has 2 saturated heterocycles. The summed E-state index contributed by atoms with van der Waals surface area (Å²) in [5.74, 6) is 0.496. The summed E-state index contributed by atoms with van der Waals surface area (Å²) in [5.41, 5.74) is 5.74. The van der Waals surface area contributed by atoms with Crippen LogP contribution in [0.3, 0.4) is 0 Å². The van der Waals surface area contributed by atoms with Gasteiger partial charge in [-0.1, -0.05) is 59.7 Å². The molecule has 0 saturated carbocycles. The Bertz CT molecular complexity index is 1310. The molecule has 1 amide bonds. The molecule has 1 aromatic heterocycles. The van der Waals surface area contributed by atoms with Crippen LogP contribution < -0.4 is 0 Å². The van der Waals surface area contributed by atoms with Crippen molar-refractivity contribution >= 4 is 15.7 Å². The van der Waals surface area contributed by atoms with Gasteiger partial charge in [-0.15, -0.1) is 0 Å². The van der Waals surface area contributed by atoms with E-state index in [1.165, 1.54) is 5.56 Å². The van der Waals surface area contributed by atoms with E-state index >= 15 is 0 Å². The van der Waals surface area contributed by atoms with Gasteiger partial charge in [0.1, 0.15) is 5.69 Å². The van der Waals surface area contributed by atoms with Gasteiger partial charge in [0.2, 0.25) is 0 Å². The highest BCUT2D eigenvalue weighted by Crippen LogP contribution is 2.26. The number of aromatic nitrogens is 2. The third-order valence-corrected chi connectivity index (χ3v) is 8.86. The molecule has 0 N–H and O–H groups in total. The predicted molar refractivity (Wildman–Crippen MR) is 137 cm³/mol. The number of rotatable bonds is 5. The summed E-state index contributed by atoms with van der Waals surface area (Å²) in [7, 11) is -2.92. The second-order valence-corrected chi connectivity index (χ2v) is 12.1. The first kappa shape index (κ1) is 23.8. The lowest BCUT2D eigenvalue weighted by Gasteiger charge is -2.37. The van der Waals surface area contributed by atoms with Crippen LogP contribution in [0.25, 0.3) is 11.3 Å². The van der Waals surface area contributed by atoms with E-state index in [2.05, 4.69) is 36.1 Å². The van der Waals surface area contributed by atoms with Crippen LogP contribution >= 0.6 is 0 Å². The molecule has 0 radical (unpaired) electrons. The quantitative estimate of drug-likeness (QED) is 0.547. The maximum Gasteiger partial charge on any atom is 0.257 e. The van der Waals surface area contributed by atoms with Crippen molar-refractivity contribution in [1.29, 1.82) is 0 Å². The van der Waals surface area contributed by atoms with Crippen LogP contribution in [0.5, 0.6) is 0 Å². The molecule has 1 atom stereocenters. The lowest BCUT2D eigenvalue weighted by molar-refractivity contribution is 0.0588. The molecular weight excluding hydrogens is 460 g/mol. The second-order valence-electron chi connectivity index (χ2n) is 9.83. The molecule has 2 aliphatic rings. The fourth-order valence-electron chi connectivity index (χ4n) is 4.99. The Kier molecular flexibility index (Phi) is 6.51. The molecule has 2 aliphatic heterocycles. The third-order valence-electron chi connectivity index (χ3n) is 7.11. The number of amides is 1. The van der Waals surface area contributed by atoms with Gasteiger partial charge in [0.15, 0.2) is 9.84 Å². The van der Waals surface area contributed by atoms with E-state index in [1.807, 2.05) is 47.0 Å². The number of carbonyl (C=O) groups is 1. The molecule has 5 rings (SSSR count). The van der Waals surface area contributed by atoms with E-state index < -0.39 is 9.84 Å². The molecule has 3 heterocycles. The number of aryl methyl sites for hydroxylation is 2. The summed E-state index contributed by atoms with van der Waals surface area (Å²) >= 11 is 0. The minimum atomic E-state index is -2.92. The molecule has 3 aromatic rings. The Labute approximate surface area is 207 Å². The Balaban J connectivity index is 1.36. The average molecular weight is 493 g/mol. The van der Waals surface area contributed by atoms with E-state index in [0.717, 1.165) is 16.7 Å². The van der Waals surface area contributed by atoms with E-state index in [9.17, 15) is 13.2 Å². The molecule has 2 aromatic carbocycles. The number of sulfone groups is 1. The normalized spacial score (nSPS) is 20.3. The maximum atomic E-state index is 13.7. The number of piperazine rings is 1. The zero-order chi connectivity index (χ0) is 24.6. The molecule has 7 nitrogen and oxygen atoms in total. The Morgan fingerprint density at radius 2 is 1.57 bits per heavy atom. The summed E-state index contributed by atoms with van der Waals surface area (Å²) in [5, 5.41) is 4.83. The molecule has 0 bridgehead atoms. The average Bonchev–Trinajstić information content (AvgIpc) is 3.43. The van der Waals surface area contributed by atoms with Crippen LogP contribution in [0.1, 0.15) is 33.5 Å². The lowest BCUT2D eigenvalue weighted by atomic mass is 10.1. The standard InChI is InChI=1S/C27H32N4O3S/c1-20-3-7-22(8-4-20)17-31-18-25(26(28-31)23-9-5-21(2)6-10-23)27(32)30-14-12-29(13-15-30)24-11-16-35(33,34)19-24/h3-10,18,24H,11-17,19H2,1-2H3/t24-/m0/s1. The minimum Gasteiger partial charge on any atom is -0.336 e. The van der Waals surface area contributed by atoms with Crippen LogP contribution in [0.15, 0.2) is 54.7 Å². The van der Waals surface area contributed by atoms with Crippen molar-refractivity contribution in [2.45, 2.75) is 32.9 Å². The largest absolute Gasteiger partial charge is 0.336 e. The number of hydrogen-bond acceptors (Lipinski definition) is 5. The van der Waals surface area contributed by atoms with E-state index in [4.69, 9.17) is 5.10 Å². The zero-order valence-corrected chi connectivity index (χ0v) is 21.2. The highest BCUT2D eigenvalue weighted by atomic mass is 32.2. The van der Waals surface area contributed by atoms with Gasteiger partial charge in [0.25, 0.3) is 5.91 Å². The Morgan fingerprint density at radius 1 is 0.943 bits per heavy atom. The Hall–Kier alpha value is -2.97. The summed E-state index contributed by atoms with van der Waals surface area (Å²) < 4.78 is 25.6. The van der Waals surface area contributed by atoms with Gasteiger partial charge in [-0.3, -0.25) is 14.4 Å². The lowest BCUT2D eigenvalue weighted by Crippen LogP contribution is -2.52. The summed E-state index contributed by atoms with van der Waals surface area (Å²) in [6.07, 6.45) is 2.56. The van der Waals surface area contributed by atoms with Crippen molar-refractivity contribution in [3.05, 3.63) is 77.0 Å². The van der Waals surface area contributed by atoms with Gasteiger partial charge in [-0.05, 0) is 25.8 Å². The third kappa shape index (κ3) is 5.33. The van der Waals surface area contributed by atoms with Crippen LogP contribution in [0, 0.1) is 13.8 Å². The molecule has 0 spiro atoms. The fraction of sp³-hybridized carbons (Fsp3) is 0.407. The van der Waals surface area contributed by atoms with Crippen molar-refractivity contribution < 1.29 is 13.2 Å². The number of benzene rings is 2. The number of carbonyl (C=O) groups excluding carboxylic acids is 1. The molecule has 184 valence electrons. The highest BCUT2D eigenvalue weighted by Gasteiger charge is 2.35. The maximum absolute atomic E-state index is 13.7. The van der Waals surface area contributed by atoms with Crippen LogP contribution in [0.2, 0.25) is 0 Å². The summed E-state index contributed by atoms with van der Waals surface area (Å²) in [6.45, 7) is 7.27. The highest BCUT2D eigenvalue weighted by molar-refractivity contribution is 7.91. The first-order chi connectivity index (χ1) is 16.8. The van der Waals surface area contributed by atoms with Crippen molar-refractivity contribution in [3.8, 4) is 11.3 Å². The minimum absolute atomic E-state index is 0.0191. The fourth-order valence-corrected chi connectivity index (χ4v) is 6.75. The van der Waals surface area contributed by atoms with Crippen molar-refractivity contribution in [2.75, 3.05) is 37.7 Å². The zero-order valence-electron chi connectivity index (χ0n) is 20.4. The van der Waals surface area contributed by atoms with E-state index in [0.29, 0.717) is 50.4 Å². The molecule has 2 fully saturated rings. The van der Waals surface area contributed by atoms with Crippen molar-refractivity contribution in [1.82, 2.24) is 19.6 Å². The van der Waals surface area contributed by atoms with E-state index in [-0.39, 0.29) is 23.5 Å². The Morgan fingerprint density at radius 3 is 2.17 bits per heavy atom.